The van der Waals surface area contributed by atoms with E-state index in [0.717, 1.165) is 30.6 Å². The van der Waals surface area contributed by atoms with Gasteiger partial charge in [-0.2, -0.15) is 0 Å². The highest BCUT2D eigenvalue weighted by Crippen LogP contribution is 2.12. The Kier molecular flexibility index (Phi) is 129. The Morgan fingerprint density at radius 1 is 0.117 bits per heavy atom. The molecule has 1 rings (SSSR count). The summed E-state index contributed by atoms with van der Waals surface area (Å²) in [4.78, 5) is 0. The monoisotopic (exact) mass is 2120 g/mol. The molecule has 0 aliphatic carbocycles. The van der Waals surface area contributed by atoms with E-state index in [4.69, 9.17) is 218 Å². The Morgan fingerprint density at radius 2 is 0.214 bits per heavy atom. The van der Waals surface area contributed by atoms with Gasteiger partial charge in [-0.1, -0.05) is 12.1 Å². The molecule has 1 N–H and O–H groups in total. The maximum Gasteiger partial charge on any atom is 0.118 e. The second-order valence-electron chi connectivity index (χ2n) is 30.0. The lowest BCUT2D eigenvalue weighted by Gasteiger charge is -2.09. The van der Waals surface area contributed by atoms with Crippen molar-refractivity contribution in [2.24, 2.45) is 0 Å². The van der Waals surface area contributed by atoms with Crippen LogP contribution in [0.1, 0.15) is 24.8 Å². The van der Waals surface area contributed by atoms with Gasteiger partial charge in [-0.3, -0.25) is 0 Å². The zero-order valence-corrected chi connectivity index (χ0v) is 88.2. The van der Waals surface area contributed by atoms with Crippen LogP contribution in [0.2, 0.25) is 0 Å². The summed E-state index contributed by atoms with van der Waals surface area (Å²) >= 11 is 0. The van der Waals surface area contributed by atoms with Crippen molar-refractivity contribution < 1.29 is 218 Å². The maximum absolute atomic E-state index is 8.64. The minimum absolute atomic E-state index is 0.0230. The van der Waals surface area contributed by atoms with Gasteiger partial charge in [-0.25, -0.2) is 0 Å². The Hall–Kier alpha value is -2.78. The largest absolute Gasteiger partial charge is 0.497 e. The average Bonchev–Trinajstić information content (AvgIpc) is 0.918. The second kappa shape index (κ2) is 133. The number of unbranched alkanes of at least 4 members (excludes halogenated alkanes) is 2. The van der Waals surface area contributed by atoms with Gasteiger partial charge in [0, 0.05) is 13.2 Å². The van der Waals surface area contributed by atoms with Crippen LogP contribution in [0.4, 0.5) is 0 Å². The summed E-state index contributed by atoms with van der Waals surface area (Å²) in [5.41, 5.74) is 1.09. The molecule has 0 radical (unpaired) electrons. The predicted molar refractivity (Wildman–Crippen MR) is 529 cm³/mol. The smallest absolute Gasteiger partial charge is 0.118 e. The third kappa shape index (κ3) is 128. The van der Waals surface area contributed by atoms with Crippen LogP contribution in [0.15, 0.2) is 24.3 Å². The van der Waals surface area contributed by atoms with E-state index in [2.05, 4.69) is 0 Å². The highest BCUT2D eigenvalue weighted by molar-refractivity contribution is 5.26. The molecule has 0 saturated heterocycles. The average molecular weight is 2120 g/mol. The van der Waals surface area contributed by atoms with Gasteiger partial charge in [0.2, 0.25) is 0 Å². The SMILES string of the molecule is COc1ccc(COCCOCCOCCOCCOCCOCCOCCOCCOCCOCCOCCOCCOCCOCCOCCOCCOCCOCCOCCOCCOCCOCCOCCOCCOCCOCCOCCOCCOCCOCCOCCOCCOCCOCCOCCOCCOCCOCCOCCOCCCCCOCCOCCOCCOCCO)cc1. The Balaban J connectivity index is 1.58. The molecule has 46 nitrogen and oxygen atoms in total. The van der Waals surface area contributed by atoms with Crippen molar-refractivity contribution in [1.82, 2.24) is 0 Å². The number of methoxy groups -OCH3 is 1. The van der Waals surface area contributed by atoms with Crippen molar-refractivity contribution in [1.29, 1.82) is 0 Å². The first-order valence-corrected chi connectivity index (χ1v) is 52.0. The van der Waals surface area contributed by atoms with Crippen molar-refractivity contribution >= 4 is 0 Å². The summed E-state index contributed by atoms with van der Waals surface area (Å²) < 4.78 is 249. The molecule has 0 atom stereocenters. The van der Waals surface area contributed by atoms with Gasteiger partial charge in [-0.05, 0) is 37.0 Å². The van der Waals surface area contributed by atoms with E-state index in [1.54, 1.807) is 7.11 Å². The predicted octanol–water partition coefficient (Wildman–Crippen LogP) is 3.09. The molecule has 46 heteroatoms. The first-order chi connectivity index (χ1) is 72.4. The Bertz CT molecular complexity index is 2230. The minimum atomic E-state index is 0.0230. The van der Waals surface area contributed by atoms with Crippen molar-refractivity contribution in [3.8, 4) is 5.75 Å². The topological polar surface area (TPSA) is 436 Å². The Labute approximate surface area is 864 Å². The molecule has 0 heterocycles. The quantitative estimate of drug-likeness (QED) is 0.0915. The van der Waals surface area contributed by atoms with Gasteiger partial charge in [0.15, 0.2) is 0 Å². The molecule has 864 valence electrons. The molecule has 0 bridgehead atoms. The molecular formula is C99H192O46. The van der Waals surface area contributed by atoms with E-state index in [-0.39, 0.29) is 6.61 Å². The van der Waals surface area contributed by atoms with E-state index in [1.165, 1.54) is 0 Å². The standard InChI is InChI=1S/C99H192O46/c1-101-99-7-5-98(6-8-99)97-145-96-95-144-94-93-143-92-91-142-90-89-141-88-87-140-86-85-139-84-83-138-82-81-137-80-79-136-78-77-135-76-75-134-74-73-133-72-71-132-70-69-131-68-67-130-66-65-129-64-63-128-62-61-127-60-59-126-58-57-125-56-55-124-54-53-123-52-51-122-50-49-121-48-47-120-46-45-119-44-43-118-42-41-117-40-39-116-38-37-115-36-35-114-34-33-113-32-31-112-30-29-111-28-27-110-26-25-109-24-23-108-22-20-106-17-14-103-11-4-2-3-10-102-13-16-105-19-21-107-18-15-104-12-9-100/h5-8,100H,2-4,9-97H2,1H3. The maximum atomic E-state index is 8.64. The van der Waals surface area contributed by atoms with Crippen LogP contribution in [0, 0.1) is 0 Å². The summed E-state index contributed by atoms with van der Waals surface area (Å²) in [6, 6.07) is 7.80. The lowest BCUT2D eigenvalue weighted by Crippen LogP contribution is -2.16. The molecular weight excluding hydrogens is 1930 g/mol. The number of rotatable bonds is 137. The first kappa shape index (κ1) is 140. The number of hydrogen-bond donors (Lipinski definition) is 1. The lowest BCUT2D eigenvalue weighted by molar-refractivity contribution is -0.0328. The van der Waals surface area contributed by atoms with Crippen molar-refractivity contribution in [3.05, 3.63) is 29.8 Å². The zero-order chi connectivity index (χ0) is 103. The van der Waals surface area contributed by atoms with Crippen molar-refractivity contribution in [3.63, 3.8) is 0 Å². The molecule has 0 aliphatic rings. The van der Waals surface area contributed by atoms with Gasteiger partial charge in [0.05, 0.1) is 582 Å². The van der Waals surface area contributed by atoms with Crippen LogP contribution >= 0.6 is 0 Å². The molecule has 1 aromatic carbocycles. The second-order valence-corrected chi connectivity index (χ2v) is 30.0. The van der Waals surface area contributed by atoms with Gasteiger partial charge in [-0.15, -0.1) is 0 Å². The number of hydrogen-bond acceptors (Lipinski definition) is 46. The van der Waals surface area contributed by atoms with Crippen molar-refractivity contribution in [2.45, 2.75) is 25.9 Å². The van der Waals surface area contributed by atoms with Crippen LogP contribution in [0.3, 0.4) is 0 Å². The molecule has 0 aliphatic heterocycles. The molecule has 0 amide bonds. The number of ether oxygens (including phenoxy) is 45. The number of benzene rings is 1. The van der Waals surface area contributed by atoms with Crippen molar-refractivity contribution in [2.75, 3.05) is 589 Å². The molecule has 0 unspecified atom stereocenters. The summed E-state index contributed by atoms with van der Waals surface area (Å²) in [5, 5.41) is 8.64. The van der Waals surface area contributed by atoms with Crippen LogP contribution in [0.5, 0.6) is 5.75 Å². The van der Waals surface area contributed by atoms with Crippen LogP contribution < -0.4 is 4.74 Å². The molecule has 0 saturated carbocycles. The summed E-state index contributed by atoms with van der Waals surface area (Å²) in [7, 11) is 1.65. The fraction of sp³-hybridized carbons (Fsp3) is 0.939. The van der Waals surface area contributed by atoms with E-state index in [0.29, 0.717) is 581 Å². The summed E-state index contributed by atoms with van der Waals surface area (Å²) in [6.07, 6.45) is 3.02. The highest BCUT2D eigenvalue weighted by atomic mass is 16.7. The molecule has 0 fully saturated rings. The molecule has 1 aromatic rings. The zero-order valence-electron chi connectivity index (χ0n) is 88.2. The van der Waals surface area contributed by atoms with Crippen LogP contribution in [-0.4, -0.2) is 594 Å². The third-order valence-corrected chi connectivity index (χ3v) is 18.4. The lowest BCUT2D eigenvalue weighted by atomic mass is 10.2. The van der Waals surface area contributed by atoms with E-state index in [1.807, 2.05) is 24.3 Å². The summed E-state index contributed by atoms with van der Waals surface area (Å²) in [6.45, 7) is 43.0. The van der Waals surface area contributed by atoms with Crippen LogP contribution in [-0.2, 0) is 215 Å². The summed E-state index contributed by atoms with van der Waals surface area (Å²) in [5.74, 6) is 0.828. The first-order valence-electron chi connectivity index (χ1n) is 52.0. The van der Waals surface area contributed by atoms with Gasteiger partial charge in [0.25, 0.3) is 0 Å². The van der Waals surface area contributed by atoms with Gasteiger partial charge >= 0.3 is 0 Å². The fourth-order valence-electron chi connectivity index (χ4n) is 10.9. The molecule has 0 spiro atoms. The Morgan fingerprint density at radius 3 is 0.317 bits per heavy atom. The molecule has 0 aromatic heterocycles. The molecule has 145 heavy (non-hydrogen) atoms. The van der Waals surface area contributed by atoms with Gasteiger partial charge in [0.1, 0.15) is 5.75 Å². The normalized spacial score (nSPS) is 11.8. The third-order valence-electron chi connectivity index (χ3n) is 18.4. The fourth-order valence-corrected chi connectivity index (χ4v) is 10.9. The number of aliphatic hydroxyl groups is 1. The van der Waals surface area contributed by atoms with Crippen LogP contribution in [0.25, 0.3) is 0 Å². The number of aliphatic hydroxyl groups excluding tert-OH is 1. The van der Waals surface area contributed by atoms with E-state index >= 15 is 0 Å². The van der Waals surface area contributed by atoms with Gasteiger partial charge < -0.3 is 218 Å². The van der Waals surface area contributed by atoms with E-state index in [9.17, 15) is 0 Å². The highest BCUT2D eigenvalue weighted by Gasteiger charge is 2.08. The minimum Gasteiger partial charge on any atom is -0.497 e. The van der Waals surface area contributed by atoms with E-state index < -0.39 is 0 Å².